The van der Waals surface area contributed by atoms with E-state index in [0.717, 1.165) is 15.9 Å². The highest BCUT2D eigenvalue weighted by Crippen LogP contribution is 2.23. The van der Waals surface area contributed by atoms with E-state index in [1.165, 1.54) is 6.20 Å². The first kappa shape index (κ1) is 11.6. The van der Waals surface area contributed by atoms with Crippen molar-refractivity contribution in [2.24, 2.45) is 0 Å². The van der Waals surface area contributed by atoms with E-state index in [1.54, 1.807) is 10.7 Å². The number of aryl methyl sites for hydroxylation is 1. The maximum Gasteiger partial charge on any atom is 0.171 e. The number of halogens is 1. The van der Waals surface area contributed by atoms with Crippen LogP contribution >= 0.6 is 15.9 Å². The van der Waals surface area contributed by atoms with Crippen LogP contribution in [0.2, 0.25) is 0 Å². The second-order valence-electron chi connectivity index (χ2n) is 3.65. The fraction of sp³-hybridized carbons (Fsp3) is 0.182. The number of pyridine rings is 1. The molecule has 2 aromatic heterocycles. The first-order chi connectivity index (χ1) is 8.04. The lowest BCUT2D eigenvalue weighted by atomic mass is 10.2. The van der Waals surface area contributed by atoms with Gasteiger partial charge in [0.05, 0.1) is 33.3 Å². The molecule has 0 spiro atoms. The molecule has 6 heteroatoms. The summed E-state index contributed by atoms with van der Waals surface area (Å²) in [6.07, 6.45) is 1.51. The molecule has 0 aliphatic rings. The Bertz CT molecular complexity index is 624. The minimum Gasteiger partial charge on any atom is -0.397 e. The summed E-state index contributed by atoms with van der Waals surface area (Å²) in [5, 5.41) is 13.4. The summed E-state index contributed by atoms with van der Waals surface area (Å²) in [5.41, 5.74) is 8.22. The van der Waals surface area contributed by atoms with Crippen molar-refractivity contribution in [1.82, 2.24) is 14.8 Å². The minimum atomic E-state index is 0.406. The quantitative estimate of drug-likeness (QED) is 0.872. The van der Waals surface area contributed by atoms with Gasteiger partial charge in [0.25, 0.3) is 0 Å². The highest BCUT2D eigenvalue weighted by Gasteiger charge is 2.14. The standard InChI is InChI=1S/C11H10BrN5/c1-6-10(12)7(2)17(16-6)11-8(4-13)3-9(14)5-15-11/h3,5H,14H2,1-2H3. The molecule has 2 heterocycles. The molecular weight excluding hydrogens is 282 g/mol. The molecule has 0 bridgehead atoms. The third kappa shape index (κ3) is 1.89. The molecule has 2 N–H and O–H groups in total. The number of rotatable bonds is 1. The Hall–Kier alpha value is -1.87. The number of nitriles is 1. The Balaban J connectivity index is 2.69. The smallest absolute Gasteiger partial charge is 0.171 e. The van der Waals surface area contributed by atoms with E-state index in [4.69, 9.17) is 11.0 Å². The van der Waals surface area contributed by atoms with Gasteiger partial charge in [-0.3, -0.25) is 0 Å². The third-order valence-electron chi connectivity index (χ3n) is 2.41. The second kappa shape index (κ2) is 4.18. The highest BCUT2D eigenvalue weighted by atomic mass is 79.9. The average Bonchev–Trinajstić information content (AvgIpc) is 2.57. The molecule has 0 aliphatic heterocycles. The molecule has 0 aromatic carbocycles. The van der Waals surface area contributed by atoms with Gasteiger partial charge in [-0.1, -0.05) is 0 Å². The van der Waals surface area contributed by atoms with Gasteiger partial charge in [0.15, 0.2) is 5.82 Å². The summed E-state index contributed by atoms with van der Waals surface area (Å²) in [6, 6.07) is 3.66. The Kier molecular flexibility index (Phi) is 2.86. The van der Waals surface area contributed by atoms with E-state index in [9.17, 15) is 0 Å². The van der Waals surface area contributed by atoms with E-state index in [1.807, 2.05) is 13.8 Å². The SMILES string of the molecule is Cc1nn(-c2ncc(N)cc2C#N)c(C)c1Br. The molecule has 0 amide bonds. The lowest BCUT2D eigenvalue weighted by Gasteiger charge is -2.05. The van der Waals surface area contributed by atoms with E-state index in [2.05, 4.69) is 32.1 Å². The summed E-state index contributed by atoms with van der Waals surface area (Å²) in [6.45, 7) is 3.79. The van der Waals surface area contributed by atoms with E-state index < -0.39 is 0 Å². The van der Waals surface area contributed by atoms with Crippen molar-refractivity contribution in [3.63, 3.8) is 0 Å². The summed E-state index contributed by atoms with van der Waals surface area (Å²) in [4.78, 5) is 4.17. The van der Waals surface area contributed by atoms with Crippen molar-refractivity contribution in [1.29, 1.82) is 5.26 Å². The number of nitrogen functional groups attached to an aromatic ring is 1. The van der Waals surface area contributed by atoms with Crippen LogP contribution in [0.25, 0.3) is 5.82 Å². The molecule has 0 radical (unpaired) electrons. The molecule has 5 nitrogen and oxygen atoms in total. The summed E-state index contributed by atoms with van der Waals surface area (Å²) in [7, 11) is 0. The fourth-order valence-electron chi connectivity index (χ4n) is 1.55. The number of aromatic nitrogens is 3. The Morgan fingerprint density at radius 3 is 2.71 bits per heavy atom. The Morgan fingerprint density at radius 2 is 2.18 bits per heavy atom. The number of anilines is 1. The molecule has 17 heavy (non-hydrogen) atoms. The van der Waals surface area contributed by atoms with Crippen molar-refractivity contribution in [3.8, 4) is 11.9 Å². The van der Waals surface area contributed by atoms with Crippen LogP contribution < -0.4 is 5.73 Å². The number of hydrogen-bond acceptors (Lipinski definition) is 4. The molecule has 86 valence electrons. The maximum atomic E-state index is 9.07. The molecule has 0 unspecified atom stereocenters. The van der Waals surface area contributed by atoms with Crippen molar-refractivity contribution in [2.45, 2.75) is 13.8 Å². The maximum absolute atomic E-state index is 9.07. The molecule has 0 fully saturated rings. The van der Waals surface area contributed by atoms with Crippen LogP contribution in [0.15, 0.2) is 16.7 Å². The van der Waals surface area contributed by atoms with Crippen LogP contribution in [0.3, 0.4) is 0 Å². The van der Waals surface area contributed by atoms with Gasteiger partial charge in [-0.15, -0.1) is 0 Å². The predicted molar refractivity (Wildman–Crippen MR) is 67.7 cm³/mol. The van der Waals surface area contributed by atoms with Crippen LogP contribution in [-0.2, 0) is 0 Å². The van der Waals surface area contributed by atoms with Crippen molar-refractivity contribution in [2.75, 3.05) is 5.73 Å². The van der Waals surface area contributed by atoms with Gasteiger partial charge in [0.2, 0.25) is 0 Å². The molecule has 0 aliphatic carbocycles. The lowest BCUT2D eigenvalue weighted by Crippen LogP contribution is -2.05. The van der Waals surface area contributed by atoms with Crippen molar-refractivity contribution in [3.05, 3.63) is 33.7 Å². The van der Waals surface area contributed by atoms with Gasteiger partial charge in [0, 0.05) is 0 Å². The first-order valence-corrected chi connectivity index (χ1v) is 5.71. The molecule has 2 rings (SSSR count). The Morgan fingerprint density at radius 1 is 1.47 bits per heavy atom. The van der Waals surface area contributed by atoms with Gasteiger partial charge in [-0.05, 0) is 35.8 Å². The molecule has 0 atom stereocenters. The van der Waals surface area contributed by atoms with Gasteiger partial charge in [0.1, 0.15) is 6.07 Å². The summed E-state index contributed by atoms with van der Waals surface area (Å²) < 4.78 is 2.55. The molecular formula is C11H10BrN5. The minimum absolute atomic E-state index is 0.406. The summed E-state index contributed by atoms with van der Waals surface area (Å²) in [5.74, 6) is 0.494. The van der Waals surface area contributed by atoms with Gasteiger partial charge in [-0.25, -0.2) is 9.67 Å². The second-order valence-corrected chi connectivity index (χ2v) is 4.44. The van der Waals surface area contributed by atoms with Gasteiger partial charge >= 0.3 is 0 Å². The van der Waals surface area contributed by atoms with Crippen molar-refractivity contribution < 1.29 is 0 Å². The topological polar surface area (TPSA) is 80.5 Å². The first-order valence-electron chi connectivity index (χ1n) is 4.92. The van der Waals surface area contributed by atoms with Crippen LogP contribution in [0.5, 0.6) is 0 Å². The zero-order valence-corrected chi connectivity index (χ0v) is 11.0. The van der Waals surface area contributed by atoms with Crippen LogP contribution in [0.4, 0.5) is 5.69 Å². The molecule has 0 saturated carbocycles. The third-order valence-corrected chi connectivity index (χ3v) is 3.56. The molecule has 2 aromatic rings. The highest BCUT2D eigenvalue weighted by molar-refractivity contribution is 9.10. The zero-order valence-electron chi connectivity index (χ0n) is 9.40. The summed E-state index contributed by atoms with van der Waals surface area (Å²) >= 11 is 3.44. The Labute approximate surface area is 107 Å². The van der Waals surface area contributed by atoms with E-state index in [0.29, 0.717) is 17.1 Å². The van der Waals surface area contributed by atoms with Gasteiger partial charge in [-0.2, -0.15) is 10.4 Å². The van der Waals surface area contributed by atoms with E-state index >= 15 is 0 Å². The van der Waals surface area contributed by atoms with Crippen molar-refractivity contribution >= 4 is 21.6 Å². The zero-order chi connectivity index (χ0) is 12.6. The van der Waals surface area contributed by atoms with E-state index in [-0.39, 0.29) is 0 Å². The fourth-order valence-corrected chi connectivity index (χ4v) is 1.80. The predicted octanol–water partition coefficient (Wildman–Crippen LogP) is 2.10. The average molecular weight is 292 g/mol. The largest absolute Gasteiger partial charge is 0.397 e. The molecule has 0 saturated heterocycles. The van der Waals surface area contributed by atoms with Crippen LogP contribution in [0, 0.1) is 25.2 Å². The normalized spacial score (nSPS) is 10.2. The van der Waals surface area contributed by atoms with Gasteiger partial charge < -0.3 is 5.73 Å². The number of hydrogen-bond donors (Lipinski definition) is 1. The lowest BCUT2D eigenvalue weighted by molar-refractivity contribution is 0.803. The monoisotopic (exact) mass is 291 g/mol. The number of nitrogens with zero attached hydrogens (tertiary/aromatic N) is 4. The van der Waals surface area contributed by atoms with Crippen LogP contribution in [0.1, 0.15) is 17.0 Å². The van der Waals surface area contributed by atoms with Crippen LogP contribution in [-0.4, -0.2) is 14.8 Å². The number of nitrogens with two attached hydrogens (primary N) is 1.